The highest BCUT2D eigenvalue weighted by atomic mass is 32.2. The summed E-state index contributed by atoms with van der Waals surface area (Å²) in [6.45, 7) is 4.31. The quantitative estimate of drug-likeness (QED) is 0.344. The third kappa shape index (κ3) is 4.05. The van der Waals surface area contributed by atoms with E-state index in [1.807, 2.05) is 19.9 Å². The van der Waals surface area contributed by atoms with E-state index in [-0.39, 0.29) is 16.4 Å². The summed E-state index contributed by atoms with van der Waals surface area (Å²) in [5.74, 6) is -0.323. The van der Waals surface area contributed by atoms with E-state index in [0.29, 0.717) is 40.3 Å². The van der Waals surface area contributed by atoms with Crippen molar-refractivity contribution in [3.63, 3.8) is 0 Å². The number of likely N-dealkylation sites (N-methyl/N-ethyl adjacent to an activating group) is 1. The Morgan fingerprint density at radius 1 is 1.05 bits per heavy atom. The third-order valence-corrected chi connectivity index (χ3v) is 9.79. The number of carbonyl (C=O) groups excluding carboxylic acids is 1. The summed E-state index contributed by atoms with van der Waals surface area (Å²) in [7, 11) is -2.25. The summed E-state index contributed by atoms with van der Waals surface area (Å²) in [6, 6.07) is 13.9. The minimum absolute atomic E-state index is 0.153. The van der Waals surface area contributed by atoms with Crippen LogP contribution < -0.4 is 0 Å². The molecule has 0 radical (unpaired) electrons. The van der Waals surface area contributed by atoms with Gasteiger partial charge in [-0.15, -0.1) is 11.3 Å². The van der Waals surface area contributed by atoms with E-state index in [4.69, 9.17) is 4.98 Å². The van der Waals surface area contributed by atoms with Gasteiger partial charge in [0, 0.05) is 49.0 Å². The van der Waals surface area contributed by atoms with Gasteiger partial charge in [-0.1, -0.05) is 35.9 Å². The zero-order valence-corrected chi connectivity index (χ0v) is 23.1. The summed E-state index contributed by atoms with van der Waals surface area (Å²) >= 11 is 1.41. The molecule has 11 heteroatoms. The Labute approximate surface area is 229 Å². The van der Waals surface area contributed by atoms with Gasteiger partial charge in [-0.2, -0.15) is 0 Å². The van der Waals surface area contributed by atoms with Gasteiger partial charge in [0.1, 0.15) is 10.5 Å². The number of likely N-dealkylation sites (tertiary alicyclic amines) is 1. The van der Waals surface area contributed by atoms with E-state index in [0.717, 1.165) is 20.0 Å². The zero-order valence-electron chi connectivity index (χ0n) is 21.5. The first-order valence-electron chi connectivity index (χ1n) is 12.3. The molecule has 1 N–H and O–H groups in total. The normalized spacial score (nSPS) is 17.8. The molecule has 0 aliphatic carbocycles. The number of thiazole rings is 1. The molecule has 0 saturated carbocycles. The Morgan fingerprint density at radius 3 is 2.51 bits per heavy atom. The molecule has 9 nitrogen and oxygen atoms in total. The van der Waals surface area contributed by atoms with Gasteiger partial charge in [0.25, 0.3) is 15.9 Å². The van der Waals surface area contributed by atoms with Gasteiger partial charge < -0.3 is 10.0 Å². The standard InChI is InChI=1S/C28H25N5O4S2/c1-17-7-9-21(10-8-17)39(36,37)33-16-22(24-25(33)30-13-12-29-24)26-31-23(18(2)38-26)19-5-4-6-20(15-19)28(35)11-14-32(3)27(28)34/h4-10,12-13,15-16,35H,11,14H2,1-3H3/t28-/m0/s1. The van der Waals surface area contributed by atoms with E-state index in [1.54, 1.807) is 49.5 Å². The average molecular weight is 560 g/mol. The number of aryl methyl sites for hydroxylation is 2. The molecule has 0 unspecified atom stereocenters. The van der Waals surface area contributed by atoms with Crippen molar-refractivity contribution in [3.05, 3.63) is 83.1 Å². The second-order valence-corrected chi connectivity index (χ2v) is 12.7. The number of aliphatic hydroxyl groups is 1. The number of fused-ring (bicyclic) bond motifs is 1. The van der Waals surface area contributed by atoms with Crippen LogP contribution in [-0.4, -0.2) is 56.8 Å². The number of nitrogens with zero attached hydrogens (tertiary/aromatic N) is 5. The summed E-state index contributed by atoms with van der Waals surface area (Å²) in [4.78, 5) is 28.9. The van der Waals surface area contributed by atoms with Crippen LogP contribution in [0.25, 0.3) is 33.0 Å². The predicted molar refractivity (Wildman–Crippen MR) is 149 cm³/mol. The Bertz CT molecular complexity index is 1860. The van der Waals surface area contributed by atoms with E-state index >= 15 is 0 Å². The van der Waals surface area contributed by atoms with Crippen LogP contribution in [0.1, 0.15) is 22.4 Å². The van der Waals surface area contributed by atoms with Crippen LogP contribution in [0.5, 0.6) is 0 Å². The van der Waals surface area contributed by atoms with E-state index in [2.05, 4.69) is 9.97 Å². The van der Waals surface area contributed by atoms with Crippen LogP contribution in [0.4, 0.5) is 0 Å². The van der Waals surface area contributed by atoms with E-state index in [1.165, 1.54) is 34.8 Å². The minimum atomic E-state index is -3.93. The van der Waals surface area contributed by atoms with Gasteiger partial charge in [-0.25, -0.2) is 22.4 Å². The molecule has 198 valence electrons. The Hall–Kier alpha value is -3.93. The van der Waals surface area contributed by atoms with E-state index < -0.39 is 15.6 Å². The highest BCUT2D eigenvalue weighted by molar-refractivity contribution is 7.90. The topological polar surface area (TPSA) is 118 Å². The molecule has 4 heterocycles. The molecular weight excluding hydrogens is 534 g/mol. The number of benzene rings is 2. The molecule has 3 aromatic heterocycles. The molecule has 39 heavy (non-hydrogen) atoms. The Morgan fingerprint density at radius 2 is 1.79 bits per heavy atom. The summed E-state index contributed by atoms with van der Waals surface area (Å²) < 4.78 is 28.3. The summed E-state index contributed by atoms with van der Waals surface area (Å²) in [6.07, 6.45) is 4.83. The van der Waals surface area contributed by atoms with Crippen LogP contribution >= 0.6 is 11.3 Å². The van der Waals surface area contributed by atoms with Crippen molar-refractivity contribution >= 4 is 38.4 Å². The number of carbonyl (C=O) groups is 1. The van der Waals surface area contributed by atoms with Crippen molar-refractivity contribution in [2.45, 2.75) is 30.8 Å². The summed E-state index contributed by atoms with van der Waals surface area (Å²) in [5, 5.41) is 11.7. The zero-order chi connectivity index (χ0) is 27.5. The van der Waals surface area contributed by atoms with Gasteiger partial charge in [-0.3, -0.25) is 9.78 Å². The second kappa shape index (κ2) is 9.08. The maximum atomic E-state index is 13.6. The predicted octanol–water partition coefficient (Wildman–Crippen LogP) is 4.13. The van der Waals surface area contributed by atoms with Crippen molar-refractivity contribution in [1.29, 1.82) is 0 Å². The van der Waals surface area contributed by atoms with Gasteiger partial charge in [0.2, 0.25) is 0 Å². The first-order chi connectivity index (χ1) is 18.6. The van der Waals surface area contributed by atoms with E-state index in [9.17, 15) is 18.3 Å². The molecular formula is C28H25N5O4S2. The van der Waals surface area contributed by atoms with Crippen molar-refractivity contribution in [1.82, 2.24) is 23.8 Å². The third-order valence-electron chi connectivity index (χ3n) is 7.12. The molecule has 1 aliphatic rings. The molecule has 6 rings (SSSR count). The molecule has 1 atom stereocenters. The fraction of sp³-hybridized carbons (Fsp3) is 0.214. The van der Waals surface area contributed by atoms with Crippen molar-refractivity contribution in [2.75, 3.05) is 13.6 Å². The van der Waals surface area contributed by atoms with Crippen molar-refractivity contribution < 1.29 is 18.3 Å². The molecule has 0 spiro atoms. The van der Waals surface area contributed by atoms with Crippen LogP contribution in [0, 0.1) is 13.8 Å². The number of rotatable bonds is 5. The van der Waals surface area contributed by atoms with Crippen molar-refractivity contribution in [2.24, 2.45) is 0 Å². The first-order valence-corrected chi connectivity index (χ1v) is 14.6. The minimum Gasteiger partial charge on any atom is -0.375 e. The molecule has 0 bridgehead atoms. The lowest BCUT2D eigenvalue weighted by Gasteiger charge is -2.21. The largest absolute Gasteiger partial charge is 0.375 e. The van der Waals surface area contributed by atoms with Gasteiger partial charge in [0.15, 0.2) is 11.2 Å². The summed E-state index contributed by atoms with van der Waals surface area (Å²) in [5.41, 5.74) is 2.55. The monoisotopic (exact) mass is 559 g/mol. The van der Waals surface area contributed by atoms with Crippen LogP contribution in [0.15, 0.2) is 72.0 Å². The first kappa shape index (κ1) is 25.4. The molecule has 1 amide bonds. The SMILES string of the molecule is Cc1ccc(S(=O)(=O)n2cc(-c3nc(-c4cccc([C@@]5(O)CCN(C)C5=O)c4)c(C)s3)c3nccnc32)cc1. The van der Waals surface area contributed by atoms with Gasteiger partial charge in [-0.05, 0) is 37.6 Å². The average Bonchev–Trinajstić information content (AvgIpc) is 3.59. The maximum Gasteiger partial charge on any atom is 0.269 e. The van der Waals surface area contributed by atoms with Crippen LogP contribution in [0.3, 0.4) is 0 Å². The van der Waals surface area contributed by atoms with Crippen molar-refractivity contribution in [3.8, 4) is 21.8 Å². The molecule has 5 aromatic rings. The smallest absolute Gasteiger partial charge is 0.269 e. The molecule has 2 aromatic carbocycles. The number of amides is 1. The Balaban J connectivity index is 1.45. The fourth-order valence-corrected chi connectivity index (χ4v) is 7.17. The Kier molecular flexibility index (Phi) is 5.90. The highest BCUT2D eigenvalue weighted by Gasteiger charge is 2.45. The van der Waals surface area contributed by atoms with Crippen LogP contribution in [-0.2, 0) is 20.4 Å². The van der Waals surface area contributed by atoms with Gasteiger partial charge in [0.05, 0.1) is 16.2 Å². The van der Waals surface area contributed by atoms with Crippen LogP contribution in [0.2, 0.25) is 0 Å². The lowest BCUT2D eigenvalue weighted by atomic mass is 9.90. The molecule has 1 aliphatic heterocycles. The number of hydrogen-bond donors (Lipinski definition) is 1. The fourth-order valence-electron chi connectivity index (χ4n) is 4.91. The number of aromatic nitrogens is 4. The highest BCUT2D eigenvalue weighted by Crippen LogP contribution is 2.39. The second-order valence-electron chi connectivity index (χ2n) is 9.73. The lowest BCUT2D eigenvalue weighted by molar-refractivity contribution is -0.143. The number of hydrogen-bond acceptors (Lipinski definition) is 8. The molecule has 1 saturated heterocycles. The van der Waals surface area contributed by atoms with Gasteiger partial charge >= 0.3 is 0 Å². The molecule has 1 fully saturated rings. The maximum absolute atomic E-state index is 13.6. The lowest BCUT2D eigenvalue weighted by Crippen LogP contribution is -2.36.